The van der Waals surface area contributed by atoms with Gasteiger partial charge in [-0.15, -0.1) is 0 Å². The average Bonchev–Trinajstić information content (AvgIpc) is 2.90. The average molecular weight is 582 g/mol. The van der Waals surface area contributed by atoms with Crippen molar-refractivity contribution < 1.29 is 90.5 Å². The van der Waals surface area contributed by atoms with Crippen molar-refractivity contribution in [3.8, 4) is 0 Å². The van der Waals surface area contributed by atoms with Gasteiger partial charge in [0.2, 0.25) is 5.91 Å². The zero-order valence-corrected chi connectivity index (χ0v) is 20.7. The fourth-order valence-corrected chi connectivity index (χ4v) is 3.65. The van der Waals surface area contributed by atoms with Gasteiger partial charge in [0.15, 0.2) is 18.9 Å². The number of rotatable bonds is 4. The molecule has 19 nitrogen and oxygen atoms in total. The van der Waals surface area contributed by atoms with Crippen LogP contribution in [0.2, 0.25) is 0 Å². The molecule has 0 aromatic heterocycles. The highest BCUT2D eigenvalue weighted by atomic mass is 16.7. The van der Waals surface area contributed by atoms with Crippen LogP contribution in [0, 0.1) is 0 Å². The van der Waals surface area contributed by atoms with Crippen molar-refractivity contribution in [2.75, 3.05) is 19.8 Å². The van der Waals surface area contributed by atoms with E-state index in [0.717, 1.165) is 0 Å². The van der Waals surface area contributed by atoms with Gasteiger partial charge in [-0.25, -0.2) is 0 Å². The first kappa shape index (κ1) is 35.8. The van der Waals surface area contributed by atoms with Crippen molar-refractivity contribution in [2.24, 2.45) is 0 Å². The number of hydrogen-bond donors (Lipinski definition) is 15. The van der Waals surface area contributed by atoms with Gasteiger partial charge >= 0.3 is 0 Å². The second-order valence-corrected chi connectivity index (χ2v) is 8.89. The van der Waals surface area contributed by atoms with Crippen LogP contribution in [0.1, 0.15) is 6.92 Å². The first-order valence-electron chi connectivity index (χ1n) is 11.7. The number of nitrogens with one attached hydrogen (secondary N) is 1. The summed E-state index contributed by atoms with van der Waals surface area (Å²) in [6, 6.07) is -1.10. The molecule has 19 heteroatoms. The van der Waals surface area contributed by atoms with Crippen LogP contribution in [0.3, 0.4) is 0 Å². The second-order valence-electron chi connectivity index (χ2n) is 8.89. The molecule has 15 atom stereocenters. The quantitative estimate of drug-likeness (QED) is 0.146. The van der Waals surface area contributed by atoms with Crippen LogP contribution in [0.5, 0.6) is 0 Å². The zero-order valence-electron chi connectivity index (χ0n) is 20.7. The minimum absolute atomic E-state index is 0.462. The Bertz CT molecular complexity index is 677. The van der Waals surface area contributed by atoms with Crippen molar-refractivity contribution in [2.45, 2.75) is 99.0 Å². The fraction of sp³-hybridized carbons (Fsp3) is 0.950. The molecule has 39 heavy (non-hydrogen) atoms. The van der Waals surface area contributed by atoms with E-state index in [1.807, 2.05) is 0 Å². The number of amides is 1. The Kier molecular flexibility index (Phi) is 15.0. The maximum absolute atomic E-state index is 10.7. The van der Waals surface area contributed by atoms with Gasteiger partial charge in [0, 0.05) is 6.92 Å². The number of carbonyl (C=O) groups is 1. The van der Waals surface area contributed by atoms with Crippen molar-refractivity contribution in [1.29, 1.82) is 0 Å². The molecule has 3 saturated heterocycles. The van der Waals surface area contributed by atoms with Gasteiger partial charge in [-0.05, 0) is 0 Å². The Hall–Kier alpha value is -1.21. The van der Waals surface area contributed by atoms with Gasteiger partial charge in [-0.1, -0.05) is 0 Å². The first-order valence-corrected chi connectivity index (χ1v) is 11.7. The molecule has 0 radical (unpaired) electrons. The monoisotopic (exact) mass is 581 g/mol. The molecule has 15 N–H and O–H groups in total. The third-order valence-electron chi connectivity index (χ3n) is 6.00. The van der Waals surface area contributed by atoms with E-state index in [0.29, 0.717) is 0 Å². The summed E-state index contributed by atoms with van der Waals surface area (Å²) >= 11 is 0. The molecule has 0 aliphatic carbocycles. The van der Waals surface area contributed by atoms with Crippen LogP contribution in [0.25, 0.3) is 0 Å². The molecular weight excluding hydrogens is 542 g/mol. The first-order chi connectivity index (χ1) is 18.1. The molecular formula is C20H39NO18. The number of aliphatic hydroxyl groups excluding tert-OH is 14. The summed E-state index contributed by atoms with van der Waals surface area (Å²) in [4.78, 5) is 10.7. The van der Waals surface area contributed by atoms with Crippen LogP contribution in [0.4, 0.5) is 0 Å². The lowest BCUT2D eigenvalue weighted by Crippen LogP contribution is -2.63. The van der Waals surface area contributed by atoms with E-state index in [4.69, 9.17) is 60.9 Å². The van der Waals surface area contributed by atoms with Crippen molar-refractivity contribution in [1.82, 2.24) is 5.32 Å². The molecule has 3 heterocycles. The highest BCUT2D eigenvalue weighted by Crippen LogP contribution is 2.21. The number of carbonyl (C=O) groups excluding carboxylic acids is 1. The Labute approximate surface area is 221 Å². The molecule has 0 bridgehead atoms. The summed E-state index contributed by atoms with van der Waals surface area (Å²) in [6.07, 6.45) is -19.3. The topological polar surface area (TPSA) is 340 Å². The van der Waals surface area contributed by atoms with Crippen LogP contribution in [-0.2, 0) is 19.0 Å². The van der Waals surface area contributed by atoms with Crippen LogP contribution < -0.4 is 5.32 Å². The van der Waals surface area contributed by atoms with Crippen molar-refractivity contribution in [3.05, 3.63) is 0 Å². The molecule has 3 rings (SSSR count). The molecule has 3 aliphatic rings. The molecule has 3 fully saturated rings. The van der Waals surface area contributed by atoms with E-state index in [2.05, 4.69) is 14.8 Å². The number of aliphatic hydroxyl groups is 14. The predicted octanol–water partition coefficient (Wildman–Crippen LogP) is -9.52. The van der Waals surface area contributed by atoms with Gasteiger partial charge in [-0.3, -0.25) is 4.79 Å². The minimum Gasteiger partial charge on any atom is -0.394 e. The minimum atomic E-state index is -1.57. The number of ether oxygens (including phenoxy) is 3. The standard InChI is InChI=1S/C8H15NO6.2C6H12O6/c1-3(11)9-5-7(13)6(12)4(2-10)15-8(5)14;2*7-1-2-3(8)4(9)5(10)6(11)12-2/h4-8,10,12-14H,2H2,1H3,(H,9,11);2*2-11H,1H2/t4-,5-,6+,7-,8?;2-,3+,4+,5-,6+;2-,3-,4+,5+,6+/m111/s1. The normalized spacial score (nSPS) is 46.2. The fourth-order valence-electron chi connectivity index (χ4n) is 3.65. The number of hydrogen-bond acceptors (Lipinski definition) is 18. The van der Waals surface area contributed by atoms with Crippen LogP contribution in [-0.4, -0.2) is 189 Å². The summed E-state index contributed by atoms with van der Waals surface area (Å²) in [5.41, 5.74) is 0. The van der Waals surface area contributed by atoms with Crippen LogP contribution in [0.15, 0.2) is 0 Å². The smallest absolute Gasteiger partial charge is 0.217 e. The Balaban J connectivity index is 0.000000295. The van der Waals surface area contributed by atoms with E-state index in [1.54, 1.807) is 0 Å². The molecule has 0 aromatic carbocycles. The summed E-state index contributed by atoms with van der Waals surface area (Å²) in [6.45, 7) is -0.365. The largest absolute Gasteiger partial charge is 0.394 e. The lowest BCUT2D eigenvalue weighted by Gasteiger charge is -2.40. The van der Waals surface area contributed by atoms with Crippen molar-refractivity contribution in [3.63, 3.8) is 0 Å². The molecule has 232 valence electrons. The van der Waals surface area contributed by atoms with Gasteiger partial charge in [0.1, 0.15) is 73.2 Å². The maximum atomic E-state index is 10.7. The Morgan fingerprint density at radius 1 is 0.513 bits per heavy atom. The van der Waals surface area contributed by atoms with Gasteiger partial charge in [0.05, 0.1) is 19.8 Å². The summed E-state index contributed by atoms with van der Waals surface area (Å²) in [5.74, 6) is -0.462. The van der Waals surface area contributed by atoms with Gasteiger partial charge in [-0.2, -0.15) is 0 Å². The highest BCUT2D eigenvalue weighted by Gasteiger charge is 2.45. The van der Waals surface area contributed by atoms with E-state index in [-0.39, 0.29) is 0 Å². The summed E-state index contributed by atoms with van der Waals surface area (Å²) in [5, 5.41) is 129. The third kappa shape index (κ3) is 9.41. The van der Waals surface area contributed by atoms with Gasteiger partial charge in [0.25, 0.3) is 0 Å². The Morgan fingerprint density at radius 3 is 1.13 bits per heavy atom. The lowest BCUT2D eigenvalue weighted by molar-refractivity contribution is -0.286. The SMILES string of the molecule is CC(=O)N[C@H]1C(O)O[C@H](CO)[C@H](O)[C@@H]1O.OC[C@H]1O[C@H](O)[C@@H](O)[C@@H](O)[C@@H]1O.OC[C@H]1O[C@H](O)[C@H](O)[C@@H](O)[C@H]1O. The predicted molar refractivity (Wildman–Crippen MR) is 120 cm³/mol. The molecule has 3 aliphatic heterocycles. The van der Waals surface area contributed by atoms with E-state index < -0.39 is 118 Å². The van der Waals surface area contributed by atoms with E-state index in [9.17, 15) is 20.1 Å². The van der Waals surface area contributed by atoms with E-state index in [1.165, 1.54) is 6.92 Å². The van der Waals surface area contributed by atoms with Crippen molar-refractivity contribution >= 4 is 5.91 Å². The molecule has 0 saturated carbocycles. The zero-order chi connectivity index (χ0) is 30.2. The third-order valence-corrected chi connectivity index (χ3v) is 6.00. The molecule has 1 amide bonds. The molecule has 1 unspecified atom stereocenters. The summed E-state index contributed by atoms with van der Waals surface area (Å²) < 4.78 is 14.0. The Morgan fingerprint density at radius 2 is 0.821 bits per heavy atom. The summed E-state index contributed by atoms with van der Waals surface area (Å²) in [7, 11) is 0. The second kappa shape index (κ2) is 16.3. The van der Waals surface area contributed by atoms with Crippen LogP contribution >= 0.6 is 0 Å². The lowest BCUT2D eigenvalue weighted by atomic mass is 9.97. The molecule has 0 spiro atoms. The maximum Gasteiger partial charge on any atom is 0.217 e. The highest BCUT2D eigenvalue weighted by molar-refractivity contribution is 5.73. The van der Waals surface area contributed by atoms with Gasteiger partial charge < -0.3 is 91.0 Å². The van der Waals surface area contributed by atoms with E-state index >= 15 is 0 Å². The molecule has 0 aromatic rings.